The molecule has 0 saturated carbocycles. The van der Waals surface area contributed by atoms with Gasteiger partial charge in [0.25, 0.3) is 5.91 Å². The quantitative estimate of drug-likeness (QED) is 0.362. The van der Waals surface area contributed by atoms with Crippen molar-refractivity contribution in [2.24, 2.45) is 0 Å². The molecular formula is C28H31FN2O5. The van der Waals surface area contributed by atoms with Crippen molar-refractivity contribution in [2.45, 2.75) is 25.9 Å². The molecule has 0 aliphatic carbocycles. The number of rotatable bonds is 11. The zero-order valence-corrected chi connectivity index (χ0v) is 20.8. The number of pyridine rings is 1. The zero-order chi connectivity index (χ0) is 25.5. The highest BCUT2D eigenvalue weighted by atomic mass is 19.1. The van der Waals surface area contributed by atoms with Gasteiger partial charge in [-0.25, -0.2) is 4.39 Å². The fourth-order valence-electron chi connectivity index (χ4n) is 4.02. The Balaban J connectivity index is 1.35. The Labute approximate surface area is 210 Å². The van der Waals surface area contributed by atoms with E-state index in [1.807, 2.05) is 31.2 Å². The van der Waals surface area contributed by atoms with Crippen LogP contribution in [0.4, 0.5) is 4.39 Å². The van der Waals surface area contributed by atoms with E-state index in [2.05, 4.69) is 4.98 Å². The average molecular weight is 495 g/mol. The molecule has 1 amide bonds. The standard InChI is InChI=1S/C28H31FN2O5/c1-4-19-5-6-21(24(29)13-19)18-36-26-8-7-20(14-27(26)34-3)22-16-31(17-22)28(32)25-15-23(9-10-30-25)35-12-11-33-2/h5-10,13-15,22H,4,11-12,16-18H2,1-3H3. The molecule has 2 aromatic carbocycles. The molecule has 0 atom stereocenters. The van der Waals surface area contributed by atoms with Crippen molar-refractivity contribution in [1.82, 2.24) is 9.88 Å². The summed E-state index contributed by atoms with van der Waals surface area (Å²) in [6.45, 7) is 4.13. The van der Waals surface area contributed by atoms with Crippen LogP contribution < -0.4 is 14.2 Å². The minimum Gasteiger partial charge on any atom is -0.493 e. The van der Waals surface area contributed by atoms with E-state index in [9.17, 15) is 9.18 Å². The smallest absolute Gasteiger partial charge is 0.272 e. The van der Waals surface area contributed by atoms with Gasteiger partial charge in [-0.05, 0) is 41.8 Å². The summed E-state index contributed by atoms with van der Waals surface area (Å²) >= 11 is 0. The van der Waals surface area contributed by atoms with Crippen LogP contribution in [0.1, 0.15) is 40.0 Å². The fourth-order valence-corrected chi connectivity index (χ4v) is 4.02. The molecule has 7 nitrogen and oxygen atoms in total. The second-order valence-corrected chi connectivity index (χ2v) is 8.60. The van der Waals surface area contributed by atoms with Crippen molar-refractivity contribution in [2.75, 3.05) is 40.5 Å². The van der Waals surface area contributed by atoms with Crippen molar-refractivity contribution in [3.05, 3.63) is 82.9 Å². The van der Waals surface area contributed by atoms with Crippen LogP contribution in [-0.2, 0) is 17.8 Å². The molecule has 0 N–H and O–H groups in total. The van der Waals surface area contributed by atoms with E-state index in [4.69, 9.17) is 18.9 Å². The summed E-state index contributed by atoms with van der Waals surface area (Å²) in [5.74, 6) is 1.48. The van der Waals surface area contributed by atoms with Crippen LogP contribution in [0.25, 0.3) is 0 Å². The van der Waals surface area contributed by atoms with E-state index in [-0.39, 0.29) is 24.2 Å². The first-order valence-corrected chi connectivity index (χ1v) is 12.0. The van der Waals surface area contributed by atoms with Crippen molar-refractivity contribution < 1.29 is 28.1 Å². The van der Waals surface area contributed by atoms with Gasteiger partial charge in [-0.2, -0.15) is 0 Å². The topological polar surface area (TPSA) is 70.1 Å². The number of benzene rings is 2. The SMILES string of the molecule is CCc1ccc(COc2ccc(C3CN(C(=O)c4cc(OCCOC)ccn4)C3)cc2OC)c(F)c1. The van der Waals surface area contributed by atoms with Gasteiger partial charge in [-0.3, -0.25) is 9.78 Å². The minimum absolute atomic E-state index is 0.110. The van der Waals surface area contributed by atoms with Crippen molar-refractivity contribution >= 4 is 5.91 Å². The Hall–Kier alpha value is -3.65. The Morgan fingerprint density at radius 2 is 1.86 bits per heavy atom. The van der Waals surface area contributed by atoms with E-state index < -0.39 is 0 Å². The molecule has 36 heavy (non-hydrogen) atoms. The summed E-state index contributed by atoms with van der Waals surface area (Å²) in [7, 11) is 3.18. The number of aromatic nitrogens is 1. The predicted molar refractivity (Wildman–Crippen MR) is 133 cm³/mol. The van der Waals surface area contributed by atoms with Crippen molar-refractivity contribution in [3.8, 4) is 17.2 Å². The second-order valence-electron chi connectivity index (χ2n) is 8.60. The summed E-state index contributed by atoms with van der Waals surface area (Å²) in [5.41, 5.74) is 2.84. The van der Waals surface area contributed by atoms with Crippen LogP contribution in [0.3, 0.4) is 0 Å². The fraction of sp³-hybridized carbons (Fsp3) is 0.357. The first kappa shape index (κ1) is 25.4. The molecule has 190 valence electrons. The third kappa shape index (κ3) is 5.94. The maximum absolute atomic E-state index is 14.3. The first-order valence-electron chi connectivity index (χ1n) is 12.0. The monoisotopic (exact) mass is 494 g/mol. The third-order valence-electron chi connectivity index (χ3n) is 6.24. The van der Waals surface area contributed by atoms with Gasteiger partial charge in [0.1, 0.15) is 30.5 Å². The van der Waals surface area contributed by atoms with Crippen LogP contribution >= 0.6 is 0 Å². The maximum atomic E-state index is 14.3. The number of methoxy groups -OCH3 is 2. The molecule has 1 fully saturated rings. The number of carbonyl (C=O) groups is 1. The molecule has 0 spiro atoms. The summed E-state index contributed by atoms with van der Waals surface area (Å²) in [5, 5.41) is 0. The van der Waals surface area contributed by atoms with Gasteiger partial charge in [-0.1, -0.05) is 25.1 Å². The Kier molecular flexibility index (Phi) is 8.38. The van der Waals surface area contributed by atoms with Crippen LogP contribution in [0.2, 0.25) is 0 Å². The average Bonchev–Trinajstić information content (AvgIpc) is 2.87. The highest BCUT2D eigenvalue weighted by Gasteiger charge is 2.33. The van der Waals surface area contributed by atoms with Gasteiger partial charge in [-0.15, -0.1) is 0 Å². The normalized spacial score (nSPS) is 13.3. The second kappa shape index (κ2) is 11.9. The Bertz CT molecular complexity index is 1200. The summed E-state index contributed by atoms with van der Waals surface area (Å²) in [6.07, 6.45) is 2.35. The lowest BCUT2D eigenvalue weighted by Gasteiger charge is -2.39. The molecule has 0 bridgehead atoms. The van der Waals surface area contributed by atoms with Crippen molar-refractivity contribution in [1.29, 1.82) is 0 Å². The molecule has 2 heterocycles. The number of hydrogen-bond acceptors (Lipinski definition) is 6. The van der Waals surface area contributed by atoms with Crippen LogP contribution in [0, 0.1) is 5.82 Å². The molecule has 1 saturated heterocycles. The molecule has 3 aromatic rings. The maximum Gasteiger partial charge on any atom is 0.272 e. The van der Waals surface area contributed by atoms with E-state index >= 15 is 0 Å². The molecule has 0 unspecified atom stereocenters. The molecule has 1 aliphatic rings. The molecule has 8 heteroatoms. The summed E-state index contributed by atoms with van der Waals surface area (Å²) in [4.78, 5) is 18.8. The predicted octanol–water partition coefficient (Wildman–Crippen LogP) is 4.64. The number of carbonyl (C=O) groups excluding carboxylic acids is 1. The van der Waals surface area contributed by atoms with E-state index in [0.29, 0.717) is 54.8 Å². The van der Waals surface area contributed by atoms with E-state index in [1.165, 1.54) is 0 Å². The molecule has 0 radical (unpaired) electrons. The highest BCUT2D eigenvalue weighted by molar-refractivity contribution is 5.93. The minimum atomic E-state index is -0.272. The largest absolute Gasteiger partial charge is 0.493 e. The molecule has 4 rings (SSSR count). The third-order valence-corrected chi connectivity index (χ3v) is 6.24. The number of likely N-dealkylation sites (tertiary alicyclic amines) is 1. The van der Waals surface area contributed by atoms with Crippen LogP contribution in [-0.4, -0.2) is 56.3 Å². The summed E-state index contributed by atoms with van der Waals surface area (Å²) in [6, 6.07) is 14.3. The van der Waals surface area contributed by atoms with E-state index in [0.717, 1.165) is 17.5 Å². The molecule has 1 aliphatic heterocycles. The lowest BCUT2D eigenvalue weighted by molar-refractivity contribution is 0.0595. The van der Waals surface area contributed by atoms with Gasteiger partial charge in [0, 0.05) is 43.9 Å². The zero-order valence-electron chi connectivity index (χ0n) is 20.8. The first-order chi connectivity index (χ1) is 17.5. The molecule has 1 aromatic heterocycles. The lowest BCUT2D eigenvalue weighted by Crippen LogP contribution is -2.48. The highest BCUT2D eigenvalue weighted by Crippen LogP contribution is 2.35. The number of ether oxygens (including phenoxy) is 4. The van der Waals surface area contributed by atoms with Gasteiger partial charge < -0.3 is 23.8 Å². The Morgan fingerprint density at radius 1 is 1.03 bits per heavy atom. The lowest BCUT2D eigenvalue weighted by atomic mass is 9.91. The number of nitrogens with zero attached hydrogens (tertiary/aromatic N) is 2. The molecular weight excluding hydrogens is 463 g/mol. The summed E-state index contributed by atoms with van der Waals surface area (Å²) < 4.78 is 36.2. The van der Waals surface area contributed by atoms with Gasteiger partial charge >= 0.3 is 0 Å². The van der Waals surface area contributed by atoms with Gasteiger partial charge in [0.15, 0.2) is 11.5 Å². The van der Waals surface area contributed by atoms with Crippen LogP contribution in [0.5, 0.6) is 17.2 Å². The number of aryl methyl sites for hydroxylation is 1. The van der Waals surface area contributed by atoms with E-state index in [1.54, 1.807) is 49.6 Å². The van der Waals surface area contributed by atoms with Gasteiger partial charge in [0.05, 0.1) is 13.7 Å². The number of halogens is 1. The van der Waals surface area contributed by atoms with Crippen molar-refractivity contribution in [3.63, 3.8) is 0 Å². The van der Waals surface area contributed by atoms with Crippen LogP contribution in [0.15, 0.2) is 54.7 Å². The Morgan fingerprint density at radius 3 is 2.58 bits per heavy atom. The number of amides is 1. The number of hydrogen-bond donors (Lipinski definition) is 0. The van der Waals surface area contributed by atoms with Gasteiger partial charge in [0.2, 0.25) is 0 Å².